The van der Waals surface area contributed by atoms with Crippen LogP contribution in [0.2, 0.25) is 0 Å². The number of ether oxygens (including phenoxy) is 1. The van der Waals surface area contributed by atoms with Gasteiger partial charge in [0.25, 0.3) is 5.91 Å². The zero-order valence-electron chi connectivity index (χ0n) is 19.6. The van der Waals surface area contributed by atoms with Gasteiger partial charge < -0.3 is 4.74 Å². The van der Waals surface area contributed by atoms with Gasteiger partial charge >= 0.3 is 0 Å². The highest BCUT2D eigenvalue weighted by Crippen LogP contribution is 2.35. The molecule has 1 N–H and O–H groups in total. The molecule has 0 spiro atoms. The number of para-hydroxylation sites is 1. The Morgan fingerprint density at radius 1 is 0.865 bits per heavy atom. The predicted molar refractivity (Wildman–Crippen MR) is 155 cm³/mol. The van der Waals surface area contributed by atoms with Crippen molar-refractivity contribution in [2.24, 2.45) is 5.10 Å². The lowest BCUT2D eigenvalue weighted by Crippen LogP contribution is -2.18. The molecule has 0 unspecified atom stereocenters. The predicted octanol–water partition coefficient (Wildman–Crippen LogP) is 7.77. The number of carbonyl (C=O) groups excluding carboxylic acids is 1. The fraction of sp³-hybridized carbons (Fsp3) is 0.0333. The SMILES string of the molecule is O=C(N/N=C/c1cc(Br)c(OCc2ccccc2)c(Br)c1)c1cc(-c2ccccc2)nc2ccccc12. The number of nitrogens with zero attached hydrogens (tertiary/aromatic N) is 2. The first-order chi connectivity index (χ1) is 18.1. The number of hydrazone groups is 1. The van der Waals surface area contributed by atoms with Gasteiger partial charge in [-0.2, -0.15) is 5.10 Å². The van der Waals surface area contributed by atoms with Crippen molar-refractivity contribution in [3.05, 3.63) is 129 Å². The Kier molecular flexibility index (Phi) is 7.73. The molecule has 0 bridgehead atoms. The molecule has 0 fully saturated rings. The third kappa shape index (κ3) is 5.96. The number of amides is 1. The highest BCUT2D eigenvalue weighted by molar-refractivity contribution is 9.11. The Morgan fingerprint density at radius 2 is 1.51 bits per heavy atom. The molecule has 7 heteroatoms. The Labute approximate surface area is 231 Å². The van der Waals surface area contributed by atoms with Crippen LogP contribution in [0.4, 0.5) is 0 Å². The summed E-state index contributed by atoms with van der Waals surface area (Å²) in [6, 6.07) is 32.9. The zero-order chi connectivity index (χ0) is 25.6. The molecule has 0 aliphatic heterocycles. The summed E-state index contributed by atoms with van der Waals surface area (Å²) in [6.07, 6.45) is 1.59. The number of hydrogen-bond acceptors (Lipinski definition) is 4. The Bertz CT molecular complexity index is 1570. The van der Waals surface area contributed by atoms with E-state index in [1.807, 2.05) is 97.1 Å². The summed E-state index contributed by atoms with van der Waals surface area (Å²) in [6.45, 7) is 0.451. The summed E-state index contributed by atoms with van der Waals surface area (Å²) >= 11 is 7.15. The summed E-state index contributed by atoms with van der Waals surface area (Å²) in [7, 11) is 0. The minimum Gasteiger partial charge on any atom is -0.487 e. The second-order valence-corrected chi connectivity index (χ2v) is 9.93. The molecule has 0 aliphatic rings. The van der Waals surface area contributed by atoms with E-state index in [4.69, 9.17) is 9.72 Å². The van der Waals surface area contributed by atoms with E-state index in [9.17, 15) is 4.79 Å². The third-order valence-electron chi connectivity index (χ3n) is 5.66. The molecule has 1 heterocycles. The van der Waals surface area contributed by atoms with Gasteiger partial charge in [-0.1, -0.05) is 78.9 Å². The van der Waals surface area contributed by atoms with Crippen LogP contribution in [0, 0.1) is 0 Å². The first-order valence-corrected chi connectivity index (χ1v) is 13.1. The Balaban J connectivity index is 1.34. The van der Waals surface area contributed by atoms with Crippen LogP contribution in [-0.4, -0.2) is 17.1 Å². The fourth-order valence-corrected chi connectivity index (χ4v) is 5.32. The van der Waals surface area contributed by atoms with Crippen molar-refractivity contribution in [3.63, 3.8) is 0 Å². The van der Waals surface area contributed by atoms with Crippen LogP contribution in [0.3, 0.4) is 0 Å². The number of nitrogens with one attached hydrogen (secondary N) is 1. The van der Waals surface area contributed by atoms with Gasteiger partial charge in [0, 0.05) is 10.9 Å². The van der Waals surface area contributed by atoms with Gasteiger partial charge in [0.05, 0.1) is 31.9 Å². The molecule has 0 atom stereocenters. The molecule has 0 saturated carbocycles. The molecule has 5 rings (SSSR count). The lowest BCUT2D eigenvalue weighted by molar-refractivity contribution is 0.0956. The molecule has 4 aromatic carbocycles. The fourth-order valence-electron chi connectivity index (χ4n) is 3.87. The number of rotatable bonds is 7. The smallest absolute Gasteiger partial charge is 0.272 e. The maximum atomic E-state index is 13.1. The van der Waals surface area contributed by atoms with Crippen molar-refractivity contribution in [2.75, 3.05) is 0 Å². The number of halogens is 2. The van der Waals surface area contributed by atoms with E-state index in [0.29, 0.717) is 17.9 Å². The van der Waals surface area contributed by atoms with Crippen molar-refractivity contribution in [1.82, 2.24) is 10.4 Å². The lowest BCUT2D eigenvalue weighted by Gasteiger charge is -2.11. The van der Waals surface area contributed by atoms with E-state index in [0.717, 1.165) is 42.2 Å². The van der Waals surface area contributed by atoms with E-state index in [2.05, 4.69) is 42.4 Å². The van der Waals surface area contributed by atoms with E-state index < -0.39 is 0 Å². The van der Waals surface area contributed by atoms with Crippen molar-refractivity contribution in [3.8, 4) is 17.0 Å². The standard InChI is InChI=1S/C30H21Br2N3O2/c31-25-15-21(16-26(32)29(25)37-19-20-9-3-1-4-10-20)18-33-35-30(36)24-17-28(22-11-5-2-6-12-22)34-27-14-8-7-13-23(24)27/h1-18H,19H2,(H,35,36)/b33-18+. The molecule has 0 saturated heterocycles. The van der Waals surface area contributed by atoms with Crippen LogP contribution in [-0.2, 0) is 6.61 Å². The summed E-state index contributed by atoms with van der Waals surface area (Å²) in [5.74, 6) is 0.384. The van der Waals surface area contributed by atoms with Gasteiger partial charge in [-0.3, -0.25) is 4.79 Å². The maximum absolute atomic E-state index is 13.1. The number of fused-ring (bicyclic) bond motifs is 1. The van der Waals surface area contributed by atoms with Gasteiger partial charge in [-0.15, -0.1) is 0 Å². The number of hydrogen-bond donors (Lipinski definition) is 1. The molecule has 1 amide bonds. The summed E-state index contributed by atoms with van der Waals surface area (Å²) in [5, 5.41) is 4.97. The number of carbonyl (C=O) groups is 1. The van der Waals surface area contributed by atoms with Crippen molar-refractivity contribution >= 4 is 54.9 Å². The summed E-state index contributed by atoms with van der Waals surface area (Å²) in [4.78, 5) is 17.9. The Morgan fingerprint density at radius 3 is 2.24 bits per heavy atom. The number of pyridine rings is 1. The van der Waals surface area contributed by atoms with Crippen molar-refractivity contribution in [1.29, 1.82) is 0 Å². The number of aromatic nitrogens is 1. The largest absolute Gasteiger partial charge is 0.487 e. The van der Waals surface area contributed by atoms with Crippen LogP contribution in [0.5, 0.6) is 5.75 Å². The average molecular weight is 615 g/mol. The quantitative estimate of drug-likeness (QED) is 0.150. The summed E-state index contributed by atoms with van der Waals surface area (Å²) in [5.41, 5.74) is 7.45. The van der Waals surface area contributed by atoms with Crippen LogP contribution in [0.15, 0.2) is 117 Å². The molecule has 1 aromatic heterocycles. The van der Waals surface area contributed by atoms with Crippen LogP contribution >= 0.6 is 31.9 Å². The first kappa shape index (κ1) is 24.9. The first-order valence-electron chi connectivity index (χ1n) is 11.5. The maximum Gasteiger partial charge on any atom is 0.272 e. The highest BCUT2D eigenvalue weighted by Gasteiger charge is 2.14. The minimum atomic E-state index is -0.312. The van der Waals surface area contributed by atoms with Gasteiger partial charge in [0.2, 0.25) is 0 Å². The number of benzene rings is 4. The van der Waals surface area contributed by atoms with Gasteiger partial charge in [-0.25, -0.2) is 10.4 Å². The molecule has 182 valence electrons. The molecule has 0 aliphatic carbocycles. The topological polar surface area (TPSA) is 63.6 Å². The molecule has 5 aromatic rings. The second kappa shape index (κ2) is 11.5. The van der Waals surface area contributed by atoms with E-state index in [1.165, 1.54) is 0 Å². The van der Waals surface area contributed by atoms with E-state index >= 15 is 0 Å². The Hall–Kier alpha value is -3.81. The van der Waals surface area contributed by atoms with Gasteiger partial charge in [0.15, 0.2) is 0 Å². The van der Waals surface area contributed by atoms with Crippen LogP contribution in [0.1, 0.15) is 21.5 Å². The molecule has 37 heavy (non-hydrogen) atoms. The molecular weight excluding hydrogens is 594 g/mol. The third-order valence-corrected chi connectivity index (χ3v) is 6.83. The van der Waals surface area contributed by atoms with E-state index in [-0.39, 0.29) is 5.91 Å². The van der Waals surface area contributed by atoms with Crippen LogP contribution < -0.4 is 10.2 Å². The van der Waals surface area contributed by atoms with Crippen molar-refractivity contribution in [2.45, 2.75) is 6.61 Å². The van der Waals surface area contributed by atoms with Crippen LogP contribution in [0.25, 0.3) is 22.2 Å². The summed E-state index contributed by atoms with van der Waals surface area (Å²) < 4.78 is 7.54. The lowest BCUT2D eigenvalue weighted by atomic mass is 10.0. The van der Waals surface area contributed by atoms with Gasteiger partial charge in [0.1, 0.15) is 12.4 Å². The molecule has 0 radical (unpaired) electrons. The monoisotopic (exact) mass is 613 g/mol. The highest BCUT2D eigenvalue weighted by atomic mass is 79.9. The van der Waals surface area contributed by atoms with Gasteiger partial charge in [-0.05, 0) is 67.3 Å². The second-order valence-electron chi connectivity index (χ2n) is 8.23. The minimum absolute atomic E-state index is 0.312. The van der Waals surface area contributed by atoms with E-state index in [1.54, 1.807) is 12.3 Å². The zero-order valence-corrected chi connectivity index (χ0v) is 22.7. The normalized spacial score (nSPS) is 11.1. The average Bonchev–Trinajstić information content (AvgIpc) is 2.93. The molecular formula is C30H21Br2N3O2. The molecule has 5 nitrogen and oxygen atoms in total. The van der Waals surface area contributed by atoms with Crippen molar-refractivity contribution < 1.29 is 9.53 Å².